The van der Waals surface area contributed by atoms with E-state index in [1.165, 1.54) is 0 Å². The lowest BCUT2D eigenvalue weighted by Crippen LogP contribution is -2.02. The van der Waals surface area contributed by atoms with E-state index in [9.17, 15) is 0 Å². The fourth-order valence-electron chi connectivity index (χ4n) is 1.52. The minimum Gasteiger partial charge on any atom is -0.232 e. The summed E-state index contributed by atoms with van der Waals surface area (Å²) in [4.78, 5) is 4.40. The topological polar surface area (TPSA) is 30.7 Å². The summed E-state index contributed by atoms with van der Waals surface area (Å²) in [6, 6.07) is 7.79. The van der Waals surface area contributed by atoms with Crippen LogP contribution in [0.15, 0.2) is 24.3 Å². The van der Waals surface area contributed by atoms with Gasteiger partial charge >= 0.3 is 0 Å². The molecule has 0 fully saturated rings. The molecule has 0 amide bonds. The highest BCUT2D eigenvalue weighted by Gasteiger charge is 2.04. The summed E-state index contributed by atoms with van der Waals surface area (Å²) in [5, 5.41) is 4.37. The third-order valence-corrected chi connectivity index (χ3v) is 2.43. The highest BCUT2D eigenvalue weighted by atomic mass is 35.5. The van der Waals surface area contributed by atoms with Crippen molar-refractivity contribution in [1.82, 2.24) is 14.8 Å². The Labute approximate surface area is 93.7 Å². The van der Waals surface area contributed by atoms with Gasteiger partial charge in [-0.25, -0.2) is 9.67 Å². The molecule has 0 bridgehead atoms. The van der Waals surface area contributed by atoms with Gasteiger partial charge in [0.1, 0.15) is 0 Å². The second-order valence-electron chi connectivity index (χ2n) is 3.46. The first-order chi connectivity index (χ1) is 7.20. The van der Waals surface area contributed by atoms with Crippen LogP contribution < -0.4 is 0 Å². The van der Waals surface area contributed by atoms with Gasteiger partial charge in [0.15, 0.2) is 5.82 Å². The monoisotopic (exact) mass is 221 g/mol. The van der Waals surface area contributed by atoms with E-state index in [0.29, 0.717) is 5.88 Å². The quantitative estimate of drug-likeness (QED) is 0.730. The van der Waals surface area contributed by atoms with Crippen LogP contribution in [0.5, 0.6) is 0 Å². The molecule has 0 aliphatic rings. The second-order valence-corrected chi connectivity index (χ2v) is 3.73. The van der Waals surface area contributed by atoms with E-state index >= 15 is 0 Å². The van der Waals surface area contributed by atoms with Crippen LogP contribution in [0.2, 0.25) is 0 Å². The van der Waals surface area contributed by atoms with Crippen LogP contribution in [0.25, 0.3) is 5.82 Å². The van der Waals surface area contributed by atoms with Crippen LogP contribution in [0, 0.1) is 13.8 Å². The van der Waals surface area contributed by atoms with Crippen molar-refractivity contribution >= 4 is 11.6 Å². The molecule has 0 aliphatic carbocycles. The lowest BCUT2D eigenvalue weighted by molar-refractivity contribution is 0.800. The number of nitrogens with zero attached hydrogens (tertiary/aromatic N) is 3. The molecule has 3 nitrogen and oxygen atoms in total. The van der Waals surface area contributed by atoms with E-state index in [0.717, 1.165) is 22.9 Å². The number of hydrogen-bond acceptors (Lipinski definition) is 2. The van der Waals surface area contributed by atoms with Crippen LogP contribution in [0.3, 0.4) is 0 Å². The van der Waals surface area contributed by atoms with Crippen molar-refractivity contribution < 1.29 is 0 Å². The molecule has 0 aliphatic heterocycles. The van der Waals surface area contributed by atoms with Gasteiger partial charge in [0.05, 0.1) is 17.3 Å². The molecule has 2 heterocycles. The van der Waals surface area contributed by atoms with Gasteiger partial charge in [-0.1, -0.05) is 6.07 Å². The van der Waals surface area contributed by atoms with Gasteiger partial charge in [0.25, 0.3) is 0 Å². The SMILES string of the molecule is Cc1cc(C)n(-c2cccc(CCl)n2)n1. The zero-order chi connectivity index (χ0) is 10.8. The molecule has 0 radical (unpaired) electrons. The number of hydrogen-bond donors (Lipinski definition) is 0. The molecule has 0 saturated heterocycles. The van der Waals surface area contributed by atoms with Gasteiger partial charge in [-0.15, -0.1) is 11.6 Å². The maximum Gasteiger partial charge on any atom is 0.153 e. The predicted octanol–water partition coefficient (Wildman–Crippen LogP) is 2.62. The van der Waals surface area contributed by atoms with E-state index < -0.39 is 0 Å². The molecule has 15 heavy (non-hydrogen) atoms. The van der Waals surface area contributed by atoms with Gasteiger partial charge in [-0.2, -0.15) is 5.10 Å². The van der Waals surface area contributed by atoms with Crippen molar-refractivity contribution in [1.29, 1.82) is 0 Å². The molecule has 4 heteroatoms. The Morgan fingerprint density at radius 2 is 2.13 bits per heavy atom. The average Bonchev–Trinajstić information content (AvgIpc) is 2.58. The first-order valence-corrected chi connectivity index (χ1v) is 5.29. The van der Waals surface area contributed by atoms with E-state index in [-0.39, 0.29) is 0 Å². The molecule has 78 valence electrons. The first-order valence-electron chi connectivity index (χ1n) is 4.76. The van der Waals surface area contributed by atoms with Gasteiger partial charge in [-0.05, 0) is 32.0 Å². The fourth-order valence-corrected chi connectivity index (χ4v) is 1.67. The molecule has 2 rings (SSSR count). The summed E-state index contributed by atoms with van der Waals surface area (Å²) in [6.45, 7) is 3.98. The number of aromatic nitrogens is 3. The van der Waals surface area contributed by atoms with Crippen molar-refractivity contribution in [2.24, 2.45) is 0 Å². The van der Waals surface area contributed by atoms with Crippen LogP contribution in [0.1, 0.15) is 17.1 Å². The molecule has 0 saturated carbocycles. The molecule has 0 aromatic carbocycles. The normalized spacial score (nSPS) is 10.6. The molecule has 2 aromatic heterocycles. The van der Waals surface area contributed by atoms with E-state index in [1.807, 2.05) is 42.8 Å². The third kappa shape index (κ3) is 2.02. The summed E-state index contributed by atoms with van der Waals surface area (Å²) < 4.78 is 1.82. The summed E-state index contributed by atoms with van der Waals surface area (Å²) in [5.74, 6) is 1.24. The highest BCUT2D eigenvalue weighted by Crippen LogP contribution is 2.10. The highest BCUT2D eigenvalue weighted by molar-refractivity contribution is 6.16. The van der Waals surface area contributed by atoms with Crippen molar-refractivity contribution in [2.75, 3.05) is 0 Å². The van der Waals surface area contributed by atoms with Crippen LogP contribution in [-0.2, 0) is 5.88 Å². The standard InChI is InChI=1S/C11H12ClN3/c1-8-6-9(2)15(14-8)11-5-3-4-10(7-12)13-11/h3-6H,7H2,1-2H3. The second kappa shape index (κ2) is 4.03. The van der Waals surface area contributed by atoms with E-state index in [2.05, 4.69) is 10.1 Å². The Hall–Kier alpha value is -1.35. The maximum absolute atomic E-state index is 5.74. The minimum absolute atomic E-state index is 0.424. The molecule has 0 N–H and O–H groups in total. The lowest BCUT2D eigenvalue weighted by Gasteiger charge is -2.04. The molecule has 0 unspecified atom stereocenters. The molecule has 2 aromatic rings. The number of alkyl halides is 1. The van der Waals surface area contributed by atoms with Gasteiger partial charge in [-0.3, -0.25) is 0 Å². The molecular weight excluding hydrogens is 210 g/mol. The minimum atomic E-state index is 0.424. The Balaban J connectivity index is 2.49. The Morgan fingerprint density at radius 3 is 2.73 bits per heavy atom. The molecule has 0 atom stereocenters. The van der Waals surface area contributed by atoms with Crippen molar-refractivity contribution in [3.8, 4) is 5.82 Å². The fraction of sp³-hybridized carbons (Fsp3) is 0.273. The Kier molecular flexibility index (Phi) is 2.73. The summed E-state index contributed by atoms with van der Waals surface area (Å²) in [5.41, 5.74) is 2.93. The number of aryl methyl sites for hydroxylation is 2. The lowest BCUT2D eigenvalue weighted by atomic mass is 10.3. The number of halogens is 1. The van der Waals surface area contributed by atoms with Gasteiger partial charge in [0.2, 0.25) is 0 Å². The van der Waals surface area contributed by atoms with Crippen molar-refractivity contribution in [3.63, 3.8) is 0 Å². The van der Waals surface area contributed by atoms with E-state index in [1.54, 1.807) is 0 Å². The summed E-state index contributed by atoms with van der Waals surface area (Å²) >= 11 is 5.74. The van der Waals surface area contributed by atoms with Gasteiger partial charge < -0.3 is 0 Å². The van der Waals surface area contributed by atoms with Crippen molar-refractivity contribution in [2.45, 2.75) is 19.7 Å². The summed E-state index contributed by atoms with van der Waals surface area (Å²) in [7, 11) is 0. The predicted molar refractivity (Wildman–Crippen MR) is 60.4 cm³/mol. The first kappa shape index (κ1) is 10.2. The summed E-state index contributed by atoms with van der Waals surface area (Å²) in [6.07, 6.45) is 0. The average molecular weight is 222 g/mol. The Morgan fingerprint density at radius 1 is 1.33 bits per heavy atom. The van der Waals surface area contributed by atoms with E-state index in [4.69, 9.17) is 11.6 Å². The Bertz CT molecular complexity index is 476. The zero-order valence-electron chi connectivity index (χ0n) is 8.74. The molecular formula is C11H12ClN3. The molecule has 0 spiro atoms. The largest absolute Gasteiger partial charge is 0.232 e. The van der Waals surface area contributed by atoms with Gasteiger partial charge in [0, 0.05) is 5.69 Å². The third-order valence-electron chi connectivity index (χ3n) is 2.16. The van der Waals surface area contributed by atoms with Crippen molar-refractivity contribution in [3.05, 3.63) is 41.3 Å². The van der Waals surface area contributed by atoms with Crippen LogP contribution in [-0.4, -0.2) is 14.8 Å². The number of pyridine rings is 1. The smallest absolute Gasteiger partial charge is 0.153 e. The van der Waals surface area contributed by atoms with Crippen LogP contribution >= 0.6 is 11.6 Å². The van der Waals surface area contributed by atoms with Crippen LogP contribution in [0.4, 0.5) is 0 Å². The maximum atomic E-state index is 5.74. The zero-order valence-corrected chi connectivity index (χ0v) is 9.49. The number of rotatable bonds is 2.